The number of carbonyl (C=O) groups excluding carboxylic acids is 3. The maximum Gasteiger partial charge on any atom is 0.411 e. The predicted octanol–water partition coefficient (Wildman–Crippen LogP) is 4.24. The Morgan fingerprint density at radius 2 is 1.43 bits per heavy atom. The van der Waals surface area contributed by atoms with Gasteiger partial charge in [-0.2, -0.15) is 0 Å². The number of ether oxygens (including phenoxy) is 1. The smallest absolute Gasteiger partial charge is 0.411 e. The van der Waals surface area contributed by atoms with Crippen molar-refractivity contribution in [3.63, 3.8) is 0 Å². The van der Waals surface area contributed by atoms with Gasteiger partial charge in [0, 0.05) is 31.7 Å². The number of nitrogens with one attached hydrogen (secondary N) is 1. The van der Waals surface area contributed by atoms with Crippen LogP contribution < -0.4 is 5.32 Å². The van der Waals surface area contributed by atoms with Gasteiger partial charge < -0.3 is 24.3 Å². The predicted molar refractivity (Wildman–Crippen MR) is 176 cm³/mol. The number of para-hydroxylation sites is 1. The fourth-order valence-electron chi connectivity index (χ4n) is 6.32. The Hall–Kier alpha value is -4.09. The molecule has 1 fully saturated rings. The van der Waals surface area contributed by atoms with Gasteiger partial charge in [0.2, 0.25) is 0 Å². The molecule has 1 saturated heterocycles. The highest BCUT2D eigenvalue weighted by molar-refractivity contribution is 6.21. The van der Waals surface area contributed by atoms with E-state index in [-0.39, 0.29) is 17.9 Å². The van der Waals surface area contributed by atoms with Crippen LogP contribution in [0.15, 0.2) is 78.9 Å². The summed E-state index contributed by atoms with van der Waals surface area (Å²) in [5.74, 6) is -0.479. The van der Waals surface area contributed by atoms with Gasteiger partial charge in [0.05, 0.1) is 43.6 Å². The quantitative estimate of drug-likeness (QED) is 0.147. The first-order valence-corrected chi connectivity index (χ1v) is 16.1. The molecule has 2 atom stereocenters. The molecule has 2 aliphatic heterocycles. The van der Waals surface area contributed by atoms with Crippen LogP contribution in [0.1, 0.15) is 46.4 Å². The van der Waals surface area contributed by atoms with Gasteiger partial charge in [0.1, 0.15) is 18.8 Å². The topological polar surface area (TPSA) is 119 Å². The molecule has 0 aromatic heterocycles. The third-order valence-electron chi connectivity index (χ3n) is 8.90. The Kier molecular flexibility index (Phi) is 10.9. The Balaban J connectivity index is 0.995. The lowest BCUT2D eigenvalue weighted by Gasteiger charge is -2.36. The van der Waals surface area contributed by atoms with Gasteiger partial charge in [-0.15, -0.1) is 0 Å². The van der Waals surface area contributed by atoms with E-state index in [1.807, 2.05) is 68.7 Å². The van der Waals surface area contributed by atoms with Crippen LogP contribution in [-0.4, -0.2) is 114 Å². The van der Waals surface area contributed by atoms with E-state index in [1.54, 1.807) is 24.3 Å². The monoisotopic (exact) mass is 629 g/mol. The number of quaternary nitrogens is 1. The molecule has 0 spiro atoms. The number of nitrogens with zero attached hydrogens (tertiary/aromatic N) is 3. The second-order valence-corrected chi connectivity index (χ2v) is 12.9. The standard InChI is InChI=1S/C36H44N4O6/c1-40(2,23-11-10-20-39-34(43)29-15-6-7-16-30(29)35(39)44)25-33(42)32(41)24-38-21-18-27(19-22-38)46-36(45)37-31-17-9-8-14-28(31)26-12-4-3-5-13-26/h3-9,12-17,27,32-33,41-42H,10-11,18-25H2,1-2H3/p+1. The molecule has 10 nitrogen and oxygen atoms in total. The number of aliphatic hydroxyl groups excluding tert-OH is 2. The molecular formula is C36H45N4O6+. The van der Waals surface area contributed by atoms with Crippen molar-refractivity contribution < 1.29 is 33.8 Å². The summed E-state index contributed by atoms with van der Waals surface area (Å²) in [7, 11) is 4.01. The lowest BCUT2D eigenvalue weighted by Crippen LogP contribution is -2.52. The normalized spacial score (nSPS) is 17.1. The van der Waals surface area contributed by atoms with Gasteiger partial charge >= 0.3 is 6.09 Å². The van der Waals surface area contributed by atoms with Crippen molar-refractivity contribution in [3.8, 4) is 11.1 Å². The molecular weight excluding hydrogens is 584 g/mol. The van der Waals surface area contributed by atoms with Gasteiger partial charge in [0.25, 0.3) is 11.8 Å². The van der Waals surface area contributed by atoms with Crippen molar-refractivity contribution in [2.45, 2.75) is 44.0 Å². The van der Waals surface area contributed by atoms with Gasteiger partial charge in [-0.05, 0) is 49.4 Å². The molecule has 2 heterocycles. The van der Waals surface area contributed by atoms with Gasteiger partial charge in [-0.25, -0.2) is 4.79 Å². The van der Waals surface area contributed by atoms with Crippen LogP contribution in [0, 0.1) is 0 Å². The van der Waals surface area contributed by atoms with E-state index in [4.69, 9.17) is 4.74 Å². The first-order chi connectivity index (χ1) is 22.1. The minimum Gasteiger partial charge on any atom is -0.446 e. The number of carbonyl (C=O) groups is 3. The van der Waals surface area contributed by atoms with Crippen LogP contribution in [0.3, 0.4) is 0 Å². The average Bonchev–Trinajstić information content (AvgIpc) is 3.29. The number of aliphatic hydroxyl groups is 2. The van der Waals surface area contributed by atoms with Gasteiger partial charge in [-0.1, -0.05) is 60.7 Å². The molecule has 2 unspecified atom stereocenters. The lowest BCUT2D eigenvalue weighted by molar-refractivity contribution is -0.894. The number of piperidine rings is 1. The number of amides is 3. The van der Waals surface area contributed by atoms with Crippen LogP contribution >= 0.6 is 0 Å². The third kappa shape index (κ3) is 8.38. The molecule has 5 rings (SSSR count). The highest BCUT2D eigenvalue weighted by Gasteiger charge is 2.35. The Morgan fingerprint density at radius 1 is 0.848 bits per heavy atom. The zero-order valence-electron chi connectivity index (χ0n) is 26.7. The van der Waals surface area contributed by atoms with E-state index in [0.29, 0.717) is 73.3 Å². The minimum atomic E-state index is -0.911. The summed E-state index contributed by atoms with van der Waals surface area (Å²) in [6, 6.07) is 24.4. The molecule has 3 amide bonds. The Morgan fingerprint density at radius 3 is 2.09 bits per heavy atom. The van der Waals surface area contributed by atoms with Crippen LogP contribution in [0.2, 0.25) is 0 Å². The highest BCUT2D eigenvalue weighted by atomic mass is 16.6. The molecule has 10 heteroatoms. The first-order valence-electron chi connectivity index (χ1n) is 16.1. The van der Waals surface area contributed by atoms with Crippen LogP contribution in [0.5, 0.6) is 0 Å². The number of hydrogen-bond acceptors (Lipinski definition) is 7. The van der Waals surface area contributed by atoms with E-state index < -0.39 is 18.3 Å². The van der Waals surface area contributed by atoms with Crippen LogP contribution in [0.25, 0.3) is 11.1 Å². The second-order valence-electron chi connectivity index (χ2n) is 12.9. The first kappa shape index (κ1) is 33.3. The minimum absolute atomic E-state index is 0.224. The number of imide groups is 1. The fourth-order valence-corrected chi connectivity index (χ4v) is 6.32. The van der Waals surface area contributed by atoms with E-state index in [1.165, 1.54) is 4.90 Å². The molecule has 0 aliphatic carbocycles. The molecule has 244 valence electrons. The molecule has 46 heavy (non-hydrogen) atoms. The van der Waals surface area contributed by atoms with Gasteiger partial charge in [-0.3, -0.25) is 19.8 Å². The number of fused-ring (bicyclic) bond motifs is 1. The average molecular weight is 630 g/mol. The molecule has 0 radical (unpaired) electrons. The number of rotatable bonds is 13. The molecule has 0 bridgehead atoms. The van der Waals surface area contributed by atoms with Crippen molar-refractivity contribution >= 4 is 23.6 Å². The number of anilines is 1. The third-order valence-corrected chi connectivity index (χ3v) is 8.90. The Bertz CT molecular complexity index is 1470. The number of unbranched alkanes of at least 4 members (excludes halogenated alkanes) is 1. The lowest BCUT2D eigenvalue weighted by atomic mass is 10.0. The summed E-state index contributed by atoms with van der Waals surface area (Å²) in [5, 5.41) is 24.5. The number of likely N-dealkylation sites (tertiary alicyclic amines) is 1. The summed E-state index contributed by atoms with van der Waals surface area (Å²) in [4.78, 5) is 41.3. The molecule has 3 N–H and O–H groups in total. The van der Waals surface area contributed by atoms with Crippen molar-refractivity contribution in [3.05, 3.63) is 90.0 Å². The maximum absolute atomic E-state index is 12.7. The SMILES string of the molecule is C[N+](C)(CCCCN1C(=O)c2ccccc2C1=O)CC(O)C(O)CN1CCC(OC(=O)Nc2ccccc2-c2ccccc2)CC1. The van der Waals surface area contributed by atoms with Crippen molar-refractivity contribution in [2.24, 2.45) is 0 Å². The number of β-amino-alcohol motifs (C(OH)–C–C–N with tert-alkyl or cyclic N) is 1. The summed E-state index contributed by atoms with van der Waals surface area (Å²) >= 11 is 0. The van der Waals surface area contributed by atoms with Crippen molar-refractivity contribution in [1.29, 1.82) is 0 Å². The summed E-state index contributed by atoms with van der Waals surface area (Å²) in [5.41, 5.74) is 3.55. The molecule has 3 aromatic rings. The molecule has 2 aliphatic rings. The van der Waals surface area contributed by atoms with E-state index >= 15 is 0 Å². The zero-order chi connectivity index (χ0) is 32.7. The van der Waals surface area contributed by atoms with Crippen LogP contribution in [-0.2, 0) is 4.74 Å². The highest BCUT2D eigenvalue weighted by Crippen LogP contribution is 2.28. The maximum atomic E-state index is 12.7. The molecule has 3 aromatic carbocycles. The van der Waals surface area contributed by atoms with Crippen molar-refractivity contribution in [1.82, 2.24) is 9.80 Å². The summed E-state index contributed by atoms with van der Waals surface area (Å²) in [6.45, 7) is 3.10. The zero-order valence-corrected chi connectivity index (χ0v) is 26.7. The second kappa shape index (κ2) is 15.0. The van der Waals surface area contributed by atoms with Crippen LogP contribution in [0.4, 0.5) is 10.5 Å². The molecule has 0 saturated carbocycles. The van der Waals surface area contributed by atoms with Gasteiger partial charge in [0.15, 0.2) is 0 Å². The van der Waals surface area contributed by atoms with E-state index in [2.05, 4.69) is 10.2 Å². The fraction of sp³-hybridized carbons (Fsp3) is 0.417. The van der Waals surface area contributed by atoms with E-state index in [9.17, 15) is 24.6 Å². The number of likely N-dealkylation sites (N-methyl/N-ethyl adjacent to an activating group) is 1. The summed E-state index contributed by atoms with van der Waals surface area (Å²) < 4.78 is 6.23. The largest absolute Gasteiger partial charge is 0.446 e. The number of hydrogen-bond donors (Lipinski definition) is 3. The van der Waals surface area contributed by atoms with Crippen molar-refractivity contribution in [2.75, 3.05) is 58.7 Å². The van der Waals surface area contributed by atoms with E-state index in [0.717, 1.165) is 24.1 Å². The number of benzene rings is 3. The summed E-state index contributed by atoms with van der Waals surface area (Å²) in [6.07, 6.45) is 0.194. The Labute approximate surface area is 270 Å².